The highest BCUT2D eigenvalue weighted by molar-refractivity contribution is 6.11. The van der Waals surface area contributed by atoms with Crippen LogP contribution in [0.25, 0.3) is 0 Å². The van der Waals surface area contributed by atoms with E-state index in [9.17, 15) is 4.79 Å². The fraction of sp³-hybridized carbons (Fsp3) is 0.296. The van der Waals surface area contributed by atoms with Gasteiger partial charge in [-0.1, -0.05) is 0 Å². The van der Waals surface area contributed by atoms with E-state index >= 15 is 0 Å². The minimum Gasteiger partial charge on any atom is -0.491 e. The molecule has 0 aliphatic carbocycles. The molecule has 3 aromatic rings. The molecule has 4 N–H and O–H groups in total. The number of rotatable bonds is 9. The first-order valence-corrected chi connectivity index (χ1v) is 11.9. The lowest BCUT2D eigenvalue weighted by Crippen LogP contribution is -2.44. The fourth-order valence-electron chi connectivity index (χ4n) is 3.86. The maximum Gasteiger partial charge on any atom is 0.278 e. The summed E-state index contributed by atoms with van der Waals surface area (Å²) in [5.74, 6) is 0.235. The Morgan fingerprint density at radius 1 is 1.00 bits per heavy atom. The summed E-state index contributed by atoms with van der Waals surface area (Å²) in [5, 5.41) is 0. The molecule has 1 aliphatic heterocycles. The topological polar surface area (TPSA) is 119 Å². The van der Waals surface area contributed by atoms with Crippen LogP contribution in [0.4, 0.5) is 11.4 Å². The van der Waals surface area contributed by atoms with Crippen molar-refractivity contribution in [1.82, 2.24) is 9.88 Å². The molecule has 9 heteroatoms. The summed E-state index contributed by atoms with van der Waals surface area (Å²) < 4.78 is 11.3. The summed E-state index contributed by atoms with van der Waals surface area (Å²) >= 11 is 0. The van der Waals surface area contributed by atoms with Crippen molar-refractivity contribution >= 4 is 23.1 Å². The largest absolute Gasteiger partial charge is 0.491 e. The highest BCUT2D eigenvalue weighted by Gasteiger charge is 2.15. The summed E-state index contributed by atoms with van der Waals surface area (Å²) in [6.45, 7) is 5.26. The van der Waals surface area contributed by atoms with E-state index in [1.54, 1.807) is 42.7 Å². The molecule has 36 heavy (non-hydrogen) atoms. The Bertz CT molecular complexity index is 1180. The van der Waals surface area contributed by atoms with Gasteiger partial charge in [-0.15, -0.1) is 0 Å². The zero-order valence-corrected chi connectivity index (χ0v) is 20.5. The first-order valence-electron chi connectivity index (χ1n) is 11.9. The van der Waals surface area contributed by atoms with Crippen LogP contribution in [-0.4, -0.2) is 68.1 Å². The highest BCUT2D eigenvalue weighted by Crippen LogP contribution is 2.21. The van der Waals surface area contributed by atoms with E-state index in [1.165, 1.54) is 0 Å². The number of benzene rings is 2. The number of carbonyl (C=O) groups excluding carboxylic acids is 1. The van der Waals surface area contributed by atoms with Gasteiger partial charge in [-0.3, -0.25) is 9.78 Å². The highest BCUT2D eigenvalue weighted by atomic mass is 16.5. The molecule has 0 atom stereocenters. The number of anilines is 2. The van der Waals surface area contributed by atoms with Crippen molar-refractivity contribution in [3.8, 4) is 5.75 Å². The third kappa shape index (κ3) is 6.80. The van der Waals surface area contributed by atoms with Gasteiger partial charge in [0.2, 0.25) is 0 Å². The molecule has 0 spiro atoms. The molecule has 1 saturated heterocycles. The first kappa shape index (κ1) is 25.2. The smallest absolute Gasteiger partial charge is 0.278 e. The number of hydrogen-bond acceptors (Lipinski definition) is 7. The van der Waals surface area contributed by atoms with Crippen LogP contribution in [0.3, 0.4) is 0 Å². The second-order valence-electron chi connectivity index (χ2n) is 8.64. The number of nitrogens with two attached hydrogens (primary N) is 2. The zero-order chi connectivity index (χ0) is 25.3. The van der Waals surface area contributed by atoms with Crippen molar-refractivity contribution < 1.29 is 14.3 Å². The second kappa shape index (κ2) is 12.1. The van der Waals surface area contributed by atoms with Crippen molar-refractivity contribution in [3.63, 3.8) is 0 Å². The van der Waals surface area contributed by atoms with Gasteiger partial charge in [-0.25, -0.2) is 0 Å². The van der Waals surface area contributed by atoms with Crippen LogP contribution in [0.5, 0.6) is 5.75 Å². The Morgan fingerprint density at radius 2 is 1.72 bits per heavy atom. The number of aliphatic imine (C=N–C) groups is 1. The molecule has 9 nitrogen and oxygen atoms in total. The Balaban J connectivity index is 1.29. The number of amidine groups is 1. The number of carbonyl (C=O) groups is 1. The SMILES string of the molecule is CN1CCN(c2ccc(C(=O)N=C(N)c3ccc(OCCOCc4ccncc4)cc3N)cc2)CC1. The van der Waals surface area contributed by atoms with Crippen LogP contribution >= 0.6 is 0 Å². The van der Waals surface area contributed by atoms with Gasteiger partial charge in [0.05, 0.1) is 13.2 Å². The Kier molecular flexibility index (Phi) is 8.48. The van der Waals surface area contributed by atoms with Crippen molar-refractivity contribution in [2.24, 2.45) is 10.7 Å². The van der Waals surface area contributed by atoms with Crippen molar-refractivity contribution in [1.29, 1.82) is 0 Å². The molecule has 2 aromatic carbocycles. The molecule has 1 fully saturated rings. The fourth-order valence-corrected chi connectivity index (χ4v) is 3.86. The molecule has 2 heterocycles. The number of aromatic nitrogens is 1. The third-order valence-electron chi connectivity index (χ3n) is 6.02. The number of piperazine rings is 1. The van der Waals surface area contributed by atoms with Gasteiger partial charge >= 0.3 is 0 Å². The van der Waals surface area contributed by atoms with Gasteiger partial charge in [0.15, 0.2) is 0 Å². The van der Waals surface area contributed by atoms with Gasteiger partial charge in [0.1, 0.15) is 18.2 Å². The lowest BCUT2D eigenvalue weighted by molar-refractivity contribution is 0.0889. The predicted octanol–water partition coefficient (Wildman–Crippen LogP) is 2.56. The van der Waals surface area contributed by atoms with Gasteiger partial charge < -0.3 is 30.7 Å². The van der Waals surface area contributed by atoms with Gasteiger partial charge in [0.25, 0.3) is 5.91 Å². The number of pyridine rings is 1. The molecule has 4 rings (SSSR count). The number of nitrogen functional groups attached to an aromatic ring is 1. The van der Waals surface area contributed by atoms with E-state index in [-0.39, 0.29) is 5.84 Å². The summed E-state index contributed by atoms with van der Waals surface area (Å²) in [4.78, 5) is 25.3. The number of ether oxygens (including phenoxy) is 2. The average molecular weight is 489 g/mol. The lowest BCUT2D eigenvalue weighted by Gasteiger charge is -2.34. The third-order valence-corrected chi connectivity index (χ3v) is 6.02. The number of nitrogens with zero attached hydrogens (tertiary/aromatic N) is 4. The summed E-state index contributed by atoms with van der Waals surface area (Å²) in [6.07, 6.45) is 3.46. The quantitative estimate of drug-likeness (QED) is 0.204. The van der Waals surface area contributed by atoms with Crippen molar-refractivity contribution in [2.75, 3.05) is 57.1 Å². The molecule has 1 aromatic heterocycles. The van der Waals surface area contributed by atoms with Crippen molar-refractivity contribution in [3.05, 3.63) is 83.7 Å². The van der Waals surface area contributed by atoms with Crippen LogP contribution < -0.4 is 21.1 Å². The summed E-state index contributed by atoms with van der Waals surface area (Å²) in [6, 6.07) is 16.4. The van der Waals surface area contributed by atoms with Crippen LogP contribution in [0.2, 0.25) is 0 Å². The van der Waals surface area contributed by atoms with Gasteiger partial charge in [-0.2, -0.15) is 4.99 Å². The molecule has 0 unspecified atom stereocenters. The number of likely N-dealkylation sites (N-methyl/N-ethyl adjacent to an activating group) is 1. The van der Waals surface area contributed by atoms with E-state index in [4.69, 9.17) is 20.9 Å². The zero-order valence-electron chi connectivity index (χ0n) is 20.5. The monoisotopic (exact) mass is 488 g/mol. The van der Waals surface area contributed by atoms with E-state index < -0.39 is 5.91 Å². The summed E-state index contributed by atoms with van der Waals surface area (Å²) in [7, 11) is 2.12. The minimum atomic E-state index is -0.413. The van der Waals surface area contributed by atoms with E-state index in [1.807, 2.05) is 24.3 Å². The first-order chi connectivity index (χ1) is 17.5. The molecule has 188 valence electrons. The maximum absolute atomic E-state index is 12.7. The summed E-state index contributed by atoms with van der Waals surface area (Å²) in [5.41, 5.74) is 15.8. The van der Waals surface area contributed by atoms with Gasteiger partial charge in [-0.05, 0) is 61.1 Å². The van der Waals surface area contributed by atoms with Crippen LogP contribution in [0.15, 0.2) is 72.0 Å². The Hall–Kier alpha value is -3.95. The molecule has 1 aliphatic rings. The number of amides is 1. The van der Waals surface area contributed by atoms with Crippen LogP contribution in [0.1, 0.15) is 21.5 Å². The molecule has 0 bridgehead atoms. The van der Waals surface area contributed by atoms with E-state index in [0.29, 0.717) is 42.4 Å². The van der Waals surface area contributed by atoms with E-state index in [0.717, 1.165) is 37.4 Å². The average Bonchev–Trinajstić information content (AvgIpc) is 2.89. The Morgan fingerprint density at radius 3 is 2.42 bits per heavy atom. The molecular weight excluding hydrogens is 456 g/mol. The van der Waals surface area contributed by atoms with Crippen LogP contribution in [-0.2, 0) is 11.3 Å². The minimum absolute atomic E-state index is 0.0629. The van der Waals surface area contributed by atoms with E-state index in [2.05, 4.69) is 26.8 Å². The second-order valence-corrected chi connectivity index (χ2v) is 8.64. The normalized spacial score (nSPS) is 14.6. The molecule has 0 saturated carbocycles. The number of hydrogen-bond donors (Lipinski definition) is 2. The van der Waals surface area contributed by atoms with Gasteiger partial charge in [0, 0.05) is 67.1 Å². The lowest BCUT2D eigenvalue weighted by atomic mass is 10.1. The predicted molar refractivity (Wildman–Crippen MR) is 141 cm³/mol. The Labute approximate surface area is 211 Å². The molecule has 0 radical (unpaired) electrons. The van der Waals surface area contributed by atoms with Crippen LogP contribution in [0, 0.1) is 0 Å². The van der Waals surface area contributed by atoms with Crippen molar-refractivity contribution in [2.45, 2.75) is 6.61 Å². The standard InChI is InChI=1S/C27H32N6O3/c1-32-12-14-33(15-13-32)22-4-2-21(3-5-22)27(34)31-26(29)24-7-6-23(18-25(24)28)36-17-16-35-19-20-8-10-30-11-9-20/h2-11,18H,12-17,19,28H2,1H3,(H2,29,31,34). The molecule has 1 amide bonds. The molecular formula is C27H32N6O3. The maximum atomic E-state index is 12.7.